The van der Waals surface area contributed by atoms with Crippen LogP contribution in [0.25, 0.3) is 0 Å². The lowest BCUT2D eigenvalue weighted by molar-refractivity contribution is -0.150. The number of ether oxygens (including phenoxy) is 1. The van der Waals surface area contributed by atoms with Gasteiger partial charge in [0.25, 0.3) is 0 Å². The summed E-state index contributed by atoms with van der Waals surface area (Å²) in [6.45, 7) is 6.41. The molecule has 1 aromatic rings. The molecular formula is C14H17N3O3. The monoisotopic (exact) mass is 275 g/mol. The zero-order valence-corrected chi connectivity index (χ0v) is 11.8. The van der Waals surface area contributed by atoms with Gasteiger partial charge in [-0.3, -0.25) is 4.98 Å². The molecule has 2 rings (SSSR count). The maximum atomic E-state index is 10.5. The minimum absolute atomic E-state index is 0.302. The second-order valence-electron chi connectivity index (χ2n) is 5.34. The first-order chi connectivity index (χ1) is 9.34. The first-order valence-corrected chi connectivity index (χ1v) is 6.34. The molecule has 0 aromatic carbocycles. The van der Waals surface area contributed by atoms with Gasteiger partial charge < -0.3 is 14.7 Å². The number of rotatable bonds is 4. The molecule has 1 aliphatic heterocycles. The molecule has 1 saturated heterocycles. The van der Waals surface area contributed by atoms with Crippen molar-refractivity contribution in [2.24, 2.45) is 0 Å². The van der Waals surface area contributed by atoms with Crippen LogP contribution in [0.1, 0.15) is 23.9 Å². The average molecular weight is 275 g/mol. The molecule has 2 heterocycles. The normalized spacial score (nSPS) is 16.4. The Morgan fingerprint density at radius 2 is 2.25 bits per heavy atom. The lowest BCUT2D eigenvalue weighted by Crippen LogP contribution is -2.62. The van der Waals surface area contributed by atoms with E-state index in [9.17, 15) is 10.1 Å². The summed E-state index contributed by atoms with van der Waals surface area (Å²) in [7, 11) is 0. The van der Waals surface area contributed by atoms with E-state index in [0.29, 0.717) is 24.3 Å². The smallest absolute Gasteiger partial charge is 0.329 e. The highest BCUT2D eigenvalue weighted by molar-refractivity contribution is 5.68. The number of anilines is 1. The Labute approximate surface area is 117 Å². The minimum atomic E-state index is -0.974. The molecule has 1 aliphatic rings. The summed E-state index contributed by atoms with van der Waals surface area (Å²) in [5.41, 5.74) is 2.50. The summed E-state index contributed by atoms with van der Waals surface area (Å²) >= 11 is 0. The summed E-state index contributed by atoms with van der Waals surface area (Å²) in [5.74, 6) is -0.974. The van der Waals surface area contributed by atoms with Gasteiger partial charge in [-0.25, -0.2) is 4.79 Å². The van der Waals surface area contributed by atoms with Crippen LogP contribution in [-0.2, 0) is 9.53 Å². The van der Waals surface area contributed by atoms with Gasteiger partial charge in [0.2, 0.25) is 0 Å². The largest absolute Gasteiger partial charge is 0.480 e. The van der Waals surface area contributed by atoms with Gasteiger partial charge >= 0.3 is 5.97 Å². The molecule has 0 amide bonds. The predicted molar refractivity (Wildman–Crippen MR) is 72.6 cm³/mol. The van der Waals surface area contributed by atoms with Crippen molar-refractivity contribution >= 4 is 11.7 Å². The van der Waals surface area contributed by atoms with E-state index in [-0.39, 0.29) is 6.61 Å². The van der Waals surface area contributed by atoms with Crippen molar-refractivity contribution in [3.05, 3.63) is 23.0 Å². The van der Waals surface area contributed by atoms with Crippen molar-refractivity contribution in [3.63, 3.8) is 0 Å². The Bertz CT molecular complexity index is 586. The molecule has 0 spiro atoms. The summed E-state index contributed by atoms with van der Waals surface area (Å²) in [6, 6.07) is 4.06. The van der Waals surface area contributed by atoms with Crippen LogP contribution in [0.3, 0.4) is 0 Å². The number of aryl methyl sites for hydroxylation is 2. The van der Waals surface area contributed by atoms with Gasteiger partial charge in [0.15, 0.2) is 0 Å². The van der Waals surface area contributed by atoms with E-state index >= 15 is 0 Å². The van der Waals surface area contributed by atoms with Crippen LogP contribution in [0.2, 0.25) is 0 Å². The molecule has 106 valence electrons. The highest BCUT2D eigenvalue weighted by Gasteiger charge is 2.41. The number of hydrogen-bond donors (Lipinski definition) is 1. The van der Waals surface area contributed by atoms with E-state index in [1.165, 1.54) is 0 Å². The zero-order chi connectivity index (χ0) is 14.9. The Hall–Kier alpha value is -2.13. The topological polar surface area (TPSA) is 86.5 Å². The fraction of sp³-hybridized carbons (Fsp3) is 0.500. The summed E-state index contributed by atoms with van der Waals surface area (Å²) in [4.78, 5) is 16.8. The fourth-order valence-corrected chi connectivity index (χ4v) is 2.45. The van der Waals surface area contributed by atoms with Crippen LogP contribution in [-0.4, -0.2) is 41.4 Å². The summed E-state index contributed by atoms with van der Waals surface area (Å²) < 4.78 is 5.37. The van der Waals surface area contributed by atoms with Crippen molar-refractivity contribution in [1.82, 2.24) is 4.98 Å². The second-order valence-corrected chi connectivity index (χ2v) is 5.34. The Kier molecular flexibility index (Phi) is 3.64. The van der Waals surface area contributed by atoms with Crippen molar-refractivity contribution in [2.75, 3.05) is 24.6 Å². The van der Waals surface area contributed by atoms with Crippen LogP contribution in [0, 0.1) is 25.2 Å². The third-order valence-electron chi connectivity index (χ3n) is 3.35. The molecule has 6 heteroatoms. The van der Waals surface area contributed by atoms with Gasteiger partial charge in [-0.2, -0.15) is 5.26 Å². The number of pyridine rings is 1. The molecule has 1 N–H and O–H groups in total. The Balaban J connectivity index is 2.13. The molecule has 0 aliphatic carbocycles. The molecule has 0 bridgehead atoms. The maximum Gasteiger partial charge on any atom is 0.329 e. The quantitative estimate of drug-likeness (QED) is 0.890. The van der Waals surface area contributed by atoms with E-state index in [0.717, 1.165) is 11.4 Å². The highest BCUT2D eigenvalue weighted by atomic mass is 16.5. The number of nitriles is 1. The number of aromatic nitrogens is 1. The highest BCUT2D eigenvalue weighted by Crippen LogP contribution is 2.33. The summed E-state index contributed by atoms with van der Waals surface area (Å²) in [5, 5.41) is 17.9. The third kappa shape index (κ3) is 2.73. The zero-order valence-electron chi connectivity index (χ0n) is 11.8. The summed E-state index contributed by atoms with van der Waals surface area (Å²) in [6.07, 6.45) is 0. The minimum Gasteiger partial charge on any atom is -0.480 e. The SMILES string of the molecule is Cc1cc(N2CC(C)(OCC(=O)O)C2)c(C#N)c(C)n1. The molecule has 1 fully saturated rings. The predicted octanol–water partition coefficient (Wildman–Crippen LogP) is 1.25. The fourth-order valence-electron chi connectivity index (χ4n) is 2.45. The molecule has 0 radical (unpaired) electrons. The standard InChI is InChI=1S/C14H17N3O3/c1-9-4-12(11(5-15)10(2)16-9)17-7-14(3,8-17)20-6-13(18)19/h4H,6-8H2,1-3H3,(H,18,19). The number of nitrogens with zero attached hydrogens (tertiary/aromatic N) is 3. The van der Waals surface area contributed by atoms with E-state index in [1.807, 2.05) is 31.7 Å². The van der Waals surface area contributed by atoms with Gasteiger partial charge in [-0.15, -0.1) is 0 Å². The lowest BCUT2D eigenvalue weighted by Gasteiger charge is -2.49. The van der Waals surface area contributed by atoms with Crippen LogP contribution < -0.4 is 4.90 Å². The van der Waals surface area contributed by atoms with Crippen LogP contribution in [0.5, 0.6) is 0 Å². The maximum absolute atomic E-state index is 10.5. The first-order valence-electron chi connectivity index (χ1n) is 6.34. The third-order valence-corrected chi connectivity index (χ3v) is 3.35. The first kappa shape index (κ1) is 14.3. The average Bonchev–Trinajstić information content (AvgIpc) is 2.32. The van der Waals surface area contributed by atoms with Crippen molar-refractivity contribution in [2.45, 2.75) is 26.4 Å². The van der Waals surface area contributed by atoms with Crippen LogP contribution >= 0.6 is 0 Å². The van der Waals surface area contributed by atoms with Crippen molar-refractivity contribution in [1.29, 1.82) is 5.26 Å². The lowest BCUT2D eigenvalue weighted by atomic mass is 9.94. The molecule has 20 heavy (non-hydrogen) atoms. The Morgan fingerprint density at radius 3 is 2.80 bits per heavy atom. The molecule has 1 aromatic heterocycles. The van der Waals surface area contributed by atoms with E-state index in [2.05, 4.69) is 11.1 Å². The van der Waals surface area contributed by atoms with Crippen LogP contribution in [0.4, 0.5) is 5.69 Å². The number of aliphatic carboxylic acids is 1. The number of carbonyl (C=O) groups is 1. The van der Waals surface area contributed by atoms with E-state index < -0.39 is 11.6 Å². The van der Waals surface area contributed by atoms with E-state index in [4.69, 9.17) is 9.84 Å². The number of carboxylic acid groups (broad SMARTS) is 1. The van der Waals surface area contributed by atoms with Gasteiger partial charge in [0.05, 0.1) is 16.9 Å². The number of carboxylic acids is 1. The molecular weight excluding hydrogens is 258 g/mol. The molecule has 0 saturated carbocycles. The van der Waals surface area contributed by atoms with Gasteiger partial charge in [-0.05, 0) is 26.8 Å². The molecule has 0 unspecified atom stereocenters. The van der Waals surface area contributed by atoms with Crippen LogP contribution in [0.15, 0.2) is 6.07 Å². The van der Waals surface area contributed by atoms with Gasteiger partial charge in [-0.1, -0.05) is 0 Å². The number of hydrogen-bond acceptors (Lipinski definition) is 5. The van der Waals surface area contributed by atoms with Crippen molar-refractivity contribution in [3.8, 4) is 6.07 Å². The molecule has 6 nitrogen and oxygen atoms in total. The second kappa shape index (κ2) is 5.10. The van der Waals surface area contributed by atoms with Gasteiger partial charge in [0.1, 0.15) is 18.3 Å². The van der Waals surface area contributed by atoms with Gasteiger partial charge in [0, 0.05) is 18.8 Å². The molecule has 0 atom stereocenters. The van der Waals surface area contributed by atoms with Crippen molar-refractivity contribution < 1.29 is 14.6 Å². The Morgan fingerprint density at radius 1 is 1.60 bits per heavy atom. The van der Waals surface area contributed by atoms with E-state index in [1.54, 1.807) is 0 Å².